The van der Waals surface area contributed by atoms with Gasteiger partial charge in [0.25, 0.3) is 0 Å². The molecule has 0 atom stereocenters. The molecule has 0 bridgehead atoms. The molecule has 9 heavy (non-hydrogen) atoms. The minimum absolute atomic E-state index is 0.226. The van der Waals surface area contributed by atoms with E-state index in [0.717, 1.165) is 6.92 Å². The lowest BCUT2D eigenvalue weighted by molar-refractivity contribution is -0.266. The molecular formula is C3H3F3O2S. The first-order valence-corrected chi connectivity index (χ1v) is 2.59. The normalized spacial score (nSPS) is 11.6. The first-order valence-electron chi connectivity index (χ1n) is 1.85. The zero-order chi connectivity index (χ0) is 7.49. The molecule has 0 aromatic carbocycles. The van der Waals surface area contributed by atoms with Gasteiger partial charge in [-0.1, -0.05) is 0 Å². The summed E-state index contributed by atoms with van der Waals surface area (Å²) in [5.41, 5.74) is 0. The maximum atomic E-state index is 11.0. The van der Waals surface area contributed by atoms with Crippen LogP contribution in [0, 0.1) is 0 Å². The van der Waals surface area contributed by atoms with E-state index in [1.807, 2.05) is 0 Å². The first-order chi connectivity index (χ1) is 3.92. The second-order valence-corrected chi connectivity index (χ2v) is 2.01. The van der Waals surface area contributed by atoms with E-state index in [1.54, 1.807) is 0 Å². The molecule has 0 amide bonds. The van der Waals surface area contributed by atoms with Crippen molar-refractivity contribution < 1.29 is 22.1 Å². The molecule has 0 saturated heterocycles. The highest BCUT2D eigenvalue weighted by Crippen LogP contribution is 2.23. The van der Waals surface area contributed by atoms with E-state index in [4.69, 9.17) is 0 Å². The quantitative estimate of drug-likeness (QED) is 0.546. The molecule has 0 radical (unpaired) electrons. The van der Waals surface area contributed by atoms with E-state index in [0.29, 0.717) is 0 Å². The number of rotatable bonds is 1. The van der Waals surface area contributed by atoms with Crippen LogP contribution in [-0.4, -0.2) is 11.5 Å². The second-order valence-electron chi connectivity index (χ2n) is 1.10. The van der Waals surface area contributed by atoms with Crippen LogP contribution in [-0.2, 0) is 8.98 Å². The van der Waals surface area contributed by atoms with Crippen LogP contribution >= 0.6 is 12.0 Å². The van der Waals surface area contributed by atoms with Crippen molar-refractivity contribution in [2.45, 2.75) is 13.3 Å². The second kappa shape index (κ2) is 3.07. The molecule has 0 aromatic heterocycles. The highest BCUT2D eigenvalue weighted by atomic mass is 32.2. The average molecular weight is 160 g/mol. The summed E-state index contributed by atoms with van der Waals surface area (Å²) in [6, 6.07) is 0. The molecule has 0 aromatic rings. The smallest absolute Gasteiger partial charge is 0.285 e. The van der Waals surface area contributed by atoms with Crippen LogP contribution in [0.4, 0.5) is 13.2 Å². The van der Waals surface area contributed by atoms with E-state index in [1.165, 1.54) is 0 Å². The van der Waals surface area contributed by atoms with Gasteiger partial charge in [-0.2, -0.15) is 0 Å². The Morgan fingerprint density at radius 3 is 2.11 bits per heavy atom. The van der Waals surface area contributed by atoms with Crippen molar-refractivity contribution >= 4 is 17.2 Å². The molecule has 0 unspecified atom stereocenters. The Morgan fingerprint density at radius 1 is 1.56 bits per heavy atom. The van der Waals surface area contributed by atoms with Gasteiger partial charge in [0.05, 0.1) is 12.0 Å². The summed E-state index contributed by atoms with van der Waals surface area (Å²) in [7, 11) is 0. The zero-order valence-corrected chi connectivity index (χ0v) is 5.18. The van der Waals surface area contributed by atoms with Gasteiger partial charge in [-0.25, -0.2) is 4.18 Å². The lowest BCUT2D eigenvalue weighted by Crippen LogP contribution is -2.08. The number of alkyl halides is 3. The summed E-state index contributed by atoms with van der Waals surface area (Å²) in [4.78, 5) is 9.83. The van der Waals surface area contributed by atoms with Crippen molar-refractivity contribution in [2.24, 2.45) is 0 Å². The maximum Gasteiger partial charge on any atom is 0.534 e. The fraction of sp³-hybridized carbons (Fsp3) is 0.667. The molecule has 0 saturated carbocycles. The Balaban J connectivity index is 3.39. The number of halogens is 3. The van der Waals surface area contributed by atoms with Gasteiger partial charge in [-0.15, -0.1) is 13.2 Å². The summed E-state index contributed by atoms with van der Waals surface area (Å²) < 4.78 is 36.1. The molecule has 0 aliphatic heterocycles. The minimum Gasteiger partial charge on any atom is -0.285 e. The molecule has 0 fully saturated rings. The summed E-state index contributed by atoms with van der Waals surface area (Å²) in [6.45, 7) is 0.983. The van der Waals surface area contributed by atoms with Crippen molar-refractivity contribution in [1.29, 1.82) is 0 Å². The van der Waals surface area contributed by atoms with E-state index in [-0.39, 0.29) is 12.0 Å². The van der Waals surface area contributed by atoms with E-state index in [2.05, 4.69) is 4.18 Å². The van der Waals surface area contributed by atoms with Crippen molar-refractivity contribution in [2.75, 3.05) is 0 Å². The topological polar surface area (TPSA) is 26.3 Å². The molecular weight excluding hydrogens is 157 g/mol. The highest BCUT2D eigenvalue weighted by Gasteiger charge is 2.30. The molecule has 0 heterocycles. The molecule has 0 aliphatic rings. The van der Waals surface area contributed by atoms with Crippen molar-refractivity contribution in [3.63, 3.8) is 0 Å². The summed E-state index contributed by atoms with van der Waals surface area (Å²) >= 11 is -0.226. The zero-order valence-electron chi connectivity index (χ0n) is 4.36. The van der Waals surface area contributed by atoms with E-state index < -0.39 is 11.5 Å². The number of hydrogen-bond donors (Lipinski definition) is 0. The largest absolute Gasteiger partial charge is 0.534 e. The Kier molecular flexibility index (Phi) is 2.99. The predicted molar refractivity (Wildman–Crippen MR) is 25.4 cm³/mol. The Morgan fingerprint density at radius 2 is 2.00 bits per heavy atom. The highest BCUT2D eigenvalue weighted by molar-refractivity contribution is 8.09. The summed E-state index contributed by atoms with van der Waals surface area (Å²) in [5, 5.41) is -0.729. The fourth-order valence-corrected chi connectivity index (χ4v) is 0.318. The summed E-state index contributed by atoms with van der Waals surface area (Å²) in [6.07, 6.45) is -4.73. The number of hydrogen-bond acceptors (Lipinski definition) is 3. The summed E-state index contributed by atoms with van der Waals surface area (Å²) in [5.74, 6) is 0. The monoisotopic (exact) mass is 160 g/mol. The molecule has 6 heteroatoms. The van der Waals surface area contributed by atoms with Crippen molar-refractivity contribution in [1.82, 2.24) is 0 Å². The van der Waals surface area contributed by atoms with Crippen molar-refractivity contribution in [3.05, 3.63) is 0 Å². The van der Waals surface area contributed by atoms with Crippen LogP contribution in [0.15, 0.2) is 0 Å². The third-order valence-electron chi connectivity index (χ3n) is 0.254. The average Bonchev–Trinajstić information content (AvgIpc) is 1.59. The van der Waals surface area contributed by atoms with Crippen LogP contribution in [0.3, 0.4) is 0 Å². The van der Waals surface area contributed by atoms with Crippen LogP contribution in [0.5, 0.6) is 0 Å². The molecule has 0 aliphatic carbocycles. The van der Waals surface area contributed by atoms with Crippen LogP contribution in [0.2, 0.25) is 0 Å². The standard InChI is InChI=1S/C3H3F3O2S/c1-2(7)9-8-3(4,5)6/h1H3. The van der Waals surface area contributed by atoms with E-state index in [9.17, 15) is 18.0 Å². The predicted octanol–water partition coefficient (Wildman–Crippen LogP) is 1.72. The number of carbonyl (C=O) groups is 1. The van der Waals surface area contributed by atoms with Crippen LogP contribution < -0.4 is 0 Å². The van der Waals surface area contributed by atoms with Gasteiger partial charge in [0.2, 0.25) is 5.12 Å². The molecule has 0 N–H and O–H groups in total. The van der Waals surface area contributed by atoms with Gasteiger partial charge in [0, 0.05) is 6.92 Å². The van der Waals surface area contributed by atoms with Gasteiger partial charge in [-0.05, 0) is 0 Å². The fourth-order valence-electron chi connectivity index (χ4n) is 0.106. The van der Waals surface area contributed by atoms with E-state index >= 15 is 0 Å². The SMILES string of the molecule is CC(=O)SOC(F)(F)F. The molecule has 2 nitrogen and oxygen atoms in total. The van der Waals surface area contributed by atoms with Crippen LogP contribution in [0.1, 0.15) is 6.92 Å². The Labute approximate surface area is 53.6 Å². The molecule has 0 rings (SSSR count). The lowest BCUT2D eigenvalue weighted by atomic mass is 10.9. The molecule has 54 valence electrons. The number of carbonyl (C=O) groups excluding carboxylic acids is 1. The third kappa shape index (κ3) is 7.77. The third-order valence-corrected chi connectivity index (χ3v) is 0.761. The maximum absolute atomic E-state index is 11.0. The van der Waals surface area contributed by atoms with Gasteiger partial charge < -0.3 is 0 Å². The van der Waals surface area contributed by atoms with Gasteiger partial charge in [-0.3, -0.25) is 4.79 Å². The van der Waals surface area contributed by atoms with Gasteiger partial charge in [0.1, 0.15) is 0 Å². The minimum atomic E-state index is -4.73. The van der Waals surface area contributed by atoms with Crippen LogP contribution in [0.25, 0.3) is 0 Å². The Hall–Kier alpha value is -0.230. The van der Waals surface area contributed by atoms with Gasteiger partial charge >= 0.3 is 6.36 Å². The van der Waals surface area contributed by atoms with Crippen molar-refractivity contribution in [3.8, 4) is 0 Å². The van der Waals surface area contributed by atoms with Gasteiger partial charge in [0.15, 0.2) is 0 Å². The molecule has 0 spiro atoms. The first kappa shape index (κ1) is 8.77. The lowest BCUT2D eigenvalue weighted by Gasteiger charge is -2.01. The Bertz CT molecular complexity index is 110.